The number of amides is 1. The number of carbonyl (C=O) groups is 1. The lowest BCUT2D eigenvalue weighted by atomic mass is 9.90. The zero-order valence-corrected chi connectivity index (χ0v) is 23.7. The number of methoxy groups -OCH3 is 2. The number of hydrogen-bond donors (Lipinski definition) is 2. The number of piperidine rings is 1. The second-order valence-corrected chi connectivity index (χ2v) is 11.1. The first-order valence-electron chi connectivity index (χ1n) is 13.6. The lowest BCUT2D eigenvalue weighted by molar-refractivity contribution is -0.138. The van der Waals surface area contributed by atoms with E-state index in [0.717, 1.165) is 30.1 Å². The number of aliphatic hydroxyl groups is 2. The Morgan fingerprint density at radius 1 is 0.872 bits per heavy atom. The standard InChI is InChI=1S/C30H43N3O6/c1-23-5-8-27(17-24(23)2)39-22-30(36)20-31(15-16-33(21-30)28(34)18-37-3)19-29(35)11-13-32(14-12-29)25-6-9-26(38-4)10-7-25/h5-10,17,35-36H,11-16,18-22H2,1-4H3/t30-/m1/s1. The normalized spacial score (nSPS) is 21.9. The van der Waals surface area contributed by atoms with E-state index in [9.17, 15) is 15.0 Å². The maximum absolute atomic E-state index is 12.7. The molecule has 2 N–H and O–H groups in total. The van der Waals surface area contributed by atoms with Crippen molar-refractivity contribution in [3.8, 4) is 11.5 Å². The summed E-state index contributed by atoms with van der Waals surface area (Å²) in [4.78, 5) is 18.7. The fourth-order valence-electron chi connectivity index (χ4n) is 5.47. The van der Waals surface area contributed by atoms with Gasteiger partial charge in [0, 0.05) is 52.1 Å². The van der Waals surface area contributed by atoms with E-state index in [4.69, 9.17) is 14.2 Å². The van der Waals surface area contributed by atoms with Gasteiger partial charge >= 0.3 is 0 Å². The summed E-state index contributed by atoms with van der Waals surface area (Å²) in [5, 5.41) is 23.3. The molecule has 0 saturated carbocycles. The molecule has 0 bridgehead atoms. The van der Waals surface area contributed by atoms with Crippen molar-refractivity contribution >= 4 is 11.6 Å². The van der Waals surface area contributed by atoms with Gasteiger partial charge in [-0.1, -0.05) is 6.07 Å². The van der Waals surface area contributed by atoms with Crippen LogP contribution in [0.3, 0.4) is 0 Å². The van der Waals surface area contributed by atoms with Crippen LogP contribution in [0.15, 0.2) is 42.5 Å². The summed E-state index contributed by atoms with van der Waals surface area (Å²) in [7, 11) is 3.15. The van der Waals surface area contributed by atoms with Gasteiger partial charge in [-0.15, -0.1) is 0 Å². The van der Waals surface area contributed by atoms with Gasteiger partial charge in [-0.2, -0.15) is 0 Å². The predicted molar refractivity (Wildman–Crippen MR) is 151 cm³/mol. The largest absolute Gasteiger partial charge is 0.497 e. The molecule has 2 saturated heterocycles. The molecule has 0 radical (unpaired) electrons. The number of anilines is 1. The molecule has 2 aliphatic heterocycles. The Balaban J connectivity index is 1.42. The molecule has 9 nitrogen and oxygen atoms in total. The summed E-state index contributed by atoms with van der Waals surface area (Å²) in [5.74, 6) is 1.33. The molecule has 2 aliphatic rings. The lowest BCUT2D eigenvalue weighted by Crippen LogP contribution is -2.56. The van der Waals surface area contributed by atoms with E-state index in [1.807, 2.05) is 56.3 Å². The third kappa shape index (κ3) is 7.63. The molecule has 9 heteroatoms. The Kier molecular flexibility index (Phi) is 9.38. The Morgan fingerprint density at radius 2 is 1.56 bits per heavy atom. The molecule has 2 aromatic rings. The maximum Gasteiger partial charge on any atom is 0.248 e. The van der Waals surface area contributed by atoms with Crippen LogP contribution in [0.1, 0.15) is 24.0 Å². The highest BCUT2D eigenvalue weighted by Gasteiger charge is 2.41. The Bertz CT molecular complexity index is 1100. The van der Waals surface area contributed by atoms with Gasteiger partial charge in [0.05, 0.1) is 19.3 Å². The van der Waals surface area contributed by atoms with Gasteiger partial charge in [0.15, 0.2) is 0 Å². The molecule has 1 atom stereocenters. The second-order valence-electron chi connectivity index (χ2n) is 11.1. The molecule has 39 heavy (non-hydrogen) atoms. The average Bonchev–Trinajstić information content (AvgIpc) is 3.08. The van der Waals surface area contributed by atoms with Crippen LogP contribution in [-0.4, -0.2) is 110 Å². The van der Waals surface area contributed by atoms with Crippen LogP contribution in [0, 0.1) is 13.8 Å². The molecule has 2 fully saturated rings. The number of hydrogen-bond acceptors (Lipinski definition) is 8. The predicted octanol–water partition coefficient (Wildman–Crippen LogP) is 2.24. The van der Waals surface area contributed by atoms with Crippen LogP contribution in [-0.2, 0) is 9.53 Å². The molecule has 0 aliphatic carbocycles. The van der Waals surface area contributed by atoms with Crippen LogP contribution in [0.25, 0.3) is 0 Å². The van der Waals surface area contributed by atoms with Crippen LogP contribution in [0.4, 0.5) is 5.69 Å². The van der Waals surface area contributed by atoms with Crippen molar-refractivity contribution in [2.45, 2.75) is 37.9 Å². The minimum absolute atomic E-state index is 0.0342. The number of ether oxygens (including phenoxy) is 3. The minimum atomic E-state index is -1.31. The second kappa shape index (κ2) is 12.6. The van der Waals surface area contributed by atoms with Crippen molar-refractivity contribution in [1.82, 2.24) is 9.80 Å². The summed E-state index contributed by atoms with van der Waals surface area (Å²) in [5.41, 5.74) is 1.20. The number of nitrogens with zero attached hydrogens (tertiary/aromatic N) is 3. The SMILES string of the molecule is COCC(=O)N1CCN(CC2(O)CCN(c3ccc(OC)cc3)CC2)C[C@](O)(COc2ccc(C)c(C)c2)C1. The number of rotatable bonds is 9. The lowest BCUT2D eigenvalue weighted by Gasteiger charge is -2.42. The molecule has 1 amide bonds. The fourth-order valence-corrected chi connectivity index (χ4v) is 5.47. The number of benzene rings is 2. The maximum atomic E-state index is 12.7. The van der Waals surface area contributed by atoms with Gasteiger partial charge in [0.2, 0.25) is 5.91 Å². The van der Waals surface area contributed by atoms with Crippen LogP contribution < -0.4 is 14.4 Å². The number of carbonyl (C=O) groups excluding carboxylic acids is 1. The van der Waals surface area contributed by atoms with Gasteiger partial charge in [0.1, 0.15) is 30.3 Å². The van der Waals surface area contributed by atoms with E-state index >= 15 is 0 Å². The molecule has 214 valence electrons. The topological polar surface area (TPSA) is 94.9 Å². The zero-order valence-electron chi connectivity index (χ0n) is 23.7. The van der Waals surface area contributed by atoms with Gasteiger partial charge in [-0.25, -0.2) is 0 Å². The molecule has 2 heterocycles. The molecule has 0 spiro atoms. The van der Waals surface area contributed by atoms with Crippen LogP contribution >= 0.6 is 0 Å². The van der Waals surface area contributed by atoms with E-state index in [-0.39, 0.29) is 25.7 Å². The van der Waals surface area contributed by atoms with Gasteiger partial charge in [-0.05, 0) is 74.2 Å². The van der Waals surface area contributed by atoms with Gasteiger partial charge in [0.25, 0.3) is 0 Å². The molecular formula is C30H43N3O6. The van der Waals surface area contributed by atoms with Gasteiger partial charge in [-0.3, -0.25) is 9.69 Å². The third-order valence-electron chi connectivity index (χ3n) is 7.95. The summed E-state index contributed by atoms with van der Waals surface area (Å²) < 4.78 is 16.4. The number of β-amino-alcohol motifs (C(OH)–C–C–N with tert-alkyl or cyclic N) is 2. The molecule has 0 aromatic heterocycles. The van der Waals surface area contributed by atoms with Crippen molar-refractivity contribution < 1.29 is 29.2 Å². The molecular weight excluding hydrogens is 498 g/mol. The van der Waals surface area contributed by atoms with E-state index in [2.05, 4.69) is 9.80 Å². The van der Waals surface area contributed by atoms with Crippen molar-refractivity contribution in [3.63, 3.8) is 0 Å². The highest BCUT2D eigenvalue weighted by Crippen LogP contribution is 2.29. The van der Waals surface area contributed by atoms with Crippen molar-refractivity contribution in [2.75, 3.05) is 78.1 Å². The van der Waals surface area contributed by atoms with E-state index in [0.29, 0.717) is 44.8 Å². The average molecular weight is 542 g/mol. The van der Waals surface area contributed by atoms with Gasteiger partial charge < -0.3 is 34.2 Å². The molecule has 2 aromatic carbocycles. The first kappa shape index (κ1) is 29.1. The van der Waals surface area contributed by atoms with E-state index in [1.54, 1.807) is 12.0 Å². The summed E-state index contributed by atoms with van der Waals surface area (Å²) >= 11 is 0. The van der Waals surface area contributed by atoms with Crippen molar-refractivity contribution in [1.29, 1.82) is 0 Å². The Labute approximate surface area is 231 Å². The fraction of sp³-hybridized carbons (Fsp3) is 0.567. The van der Waals surface area contributed by atoms with Crippen molar-refractivity contribution in [3.05, 3.63) is 53.6 Å². The minimum Gasteiger partial charge on any atom is -0.497 e. The summed E-state index contributed by atoms with van der Waals surface area (Å²) in [6, 6.07) is 13.8. The summed E-state index contributed by atoms with van der Waals surface area (Å²) in [6.45, 7) is 7.36. The first-order chi connectivity index (χ1) is 18.6. The van der Waals surface area contributed by atoms with Crippen molar-refractivity contribution in [2.24, 2.45) is 0 Å². The highest BCUT2D eigenvalue weighted by molar-refractivity contribution is 5.77. The molecule has 4 rings (SSSR count). The quantitative estimate of drug-likeness (QED) is 0.499. The highest BCUT2D eigenvalue weighted by atomic mass is 16.5. The zero-order chi connectivity index (χ0) is 28.0. The van der Waals surface area contributed by atoms with E-state index < -0.39 is 11.2 Å². The number of aryl methyl sites for hydroxylation is 2. The Morgan fingerprint density at radius 3 is 2.21 bits per heavy atom. The van der Waals surface area contributed by atoms with Crippen LogP contribution in [0.2, 0.25) is 0 Å². The monoisotopic (exact) mass is 541 g/mol. The molecule has 0 unspecified atom stereocenters. The summed E-state index contributed by atoms with van der Waals surface area (Å²) in [6.07, 6.45) is 1.22. The smallest absolute Gasteiger partial charge is 0.248 e. The van der Waals surface area contributed by atoms with E-state index in [1.165, 1.54) is 12.7 Å². The Hall–Kier alpha value is -2.85. The van der Waals surface area contributed by atoms with Crippen LogP contribution in [0.5, 0.6) is 11.5 Å². The first-order valence-corrected chi connectivity index (χ1v) is 13.6. The third-order valence-corrected chi connectivity index (χ3v) is 7.95.